The van der Waals surface area contributed by atoms with Gasteiger partial charge in [0, 0.05) is 11.8 Å². The summed E-state index contributed by atoms with van der Waals surface area (Å²) in [5.41, 5.74) is 6.02. The van der Waals surface area contributed by atoms with Gasteiger partial charge in [0.25, 0.3) is 0 Å². The molecule has 0 radical (unpaired) electrons. The highest BCUT2D eigenvalue weighted by atomic mass is 16.5. The number of ketones is 1. The summed E-state index contributed by atoms with van der Waals surface area (Å²) < 4.78 is 5.08. The number of benzene rings is 2. The zero-order valence-corrected chi connectivity index (χ0v) is 18.0. The molecule has 174 valence electrons. The van der Waals surface area contributed by atoms with Gasteiger partial charge in [-0.2, -0.15) is 0 Å². The van der Waals surface area contributed by atoms with Gasteiger partial charge in [-0.1, -0.05) is 42.5 Å². The number of ether oxygens (including phenoxy) is 1. The molecule has 0 heterocycles. The summed E-state index contributed by atoms with van der Waals surface area (Å²) in [6.07, 6.45) is 0.456. The zero-order chi connectivity index (χ0) is 24.0. The number of primary amides is 1. The first-order valence-electron chi connectivity index (χ1n) is 10.7. The van der Waals surface area contributed by atoms with Crippen LogP contribution >= 0.6 is 0 Å². The molecule has 0 bridgehead atoms. The number of hydrogen-bond donors (Lipinski definition) is 3. The van der Waals surface area contributed by atoms with Crippen LogP contribution in [0, 0.1) is 11.8 Å². The Kier molecular flexibility index (Phi) is 7.76. The van der Waals surface area contributed by atoms with Crippen molar-refractivity contribution in [1.82, 2.24) is 5.32 Å². The Hall–Kier alpha value is -3.75. The molecule has 1 saturated carbocycles. The van der Waals surface area contributed by atoms with E-state index in [4.69, 9.17) is 15.6 Å². The fraction of sp³-hybridized carbons (Fsp3) is 0.375. The van der Waals surface area contributed by atoms with Gasteiger partial charge in [0.2, 0.25) is 11.8 Å². The molecule has 33 heavy (non-hydrogen) atoms. The van der Waals surface area contributed by atoms with E-state index in [9.17, 15) is 24.0 Å². The van der Waals surface area contributed by atoms with Crippen molar-refractivity contribution in [3.63, 3.8) is 0 Å². The number of rotatable bonds is 10. The van der Waals surface area contributed by atoms with Gasteiger partial charge in [0.05, 0.1) is 12.8 Å². The summed E-state index contributed by atoms with van der Waals surface area (Å²) in [5.74, 6) is -4.58. The number of carbonyl (C=O) groups is 5. The van der Waals surface area contributed by atoms with Gasteiger partial charge in [0.1, 0.15) is 6.04 Å². The molecule has 2 aromatic carbocycles. The van der Waals surface area contributed by atoms with Crippen molar-refractivity contribution in [1.29, 1.82) is 0 Å². The number of nitrogens with two attached hydrogens (primary N) is 1. The molecule has 2 amide bonds. The van der Waals surface area contributed by atoms with Crippen LogP contribution in [0.25, 0.3) is 10.8 Å². The summed E-state index contributed by atoms with van der Waals surface area (Å²) in [4.78, 5) is 59.9. The highest BCUT2D eigenvalue weighted by molar-refractivity contribution is 5.95. The Morgan fingerprint density at radius 3 is 2.42 bits per heavy atom. The summed E-state index contributed by atoms with van der Waals surface area (Å²) in [7, 11) is 0. The van der Waals surface area contributed by atoms with E-state index in [1.807, 2.05) is 36.4 Å². The minimum absolute atomic E-state index is 0.0544. The van der Waals surface area contributed by atoms with Crippen LogP contribution in [0.4, 0.5) is 0 Å². The molecule has 2 aromatic rings. The number of carboxylic acid groups (broad SMARTS) is 1. The van der Waals surface area contributed by atoms with Crippen LogP contribution in [-0.2, 0) is 35.1 Å². The molecule has 9 heteroatoms. The smallest absolute Gasteiger partial charge is 0.310 e. The standard InChI is InChI=1S/C24H26N2O7/c25-23(31)16-8-9-17(10-16)24(32)26-19(12-21(28)29)20(27)13-33-22(30)11-15-6-3-5-14-4-1-2-7-18(14)15/h1-7,16-17,19H,8-13H2,(H2,25,31)(H,26,32)(H,28,29)/t16-,17-,19?/m0/s1. The van der Waals surface area contributed by atoms with Crippen LogP contribution < -0.4 is 11.1 Å². The van der Waals surface area contributed by atoms with Gasteiger partial charge < -0.3 is 20.9 Å². The van der Waals surface area contributed by atoms with Gasteiger partial charge in [0.15, 0.2) is 12.4 Å². The average molecular weight is 454 g/mol. The second-order valence-electron chi connectivity index (χ2n) is 8.21. The first-order chi connectivity index (χ1) is 15.7. The van der Waals surface area contributed by atoms with Crippen molar-refractivity contribution < 1.29 is 33.8 Å². The Morgan fingerprint density at radius 1 is 1.03 bits per heavy atom. The number of esters is 1. The summed E-state index contributed by atoms with van der Waals surface area (Å²) in [6, 6.07) is 11.7. The van der Waals surface area contributed by atoms with E-state index in [1.54, 1.807) is 6.07 Å². The SMILES string of the molecule is NC(=O)[C@H]1CC[C@H](C(=O)NC(CC(=O)O)C(=O)COC(=O)Cc2cccc3ccccc23)C1. The van der Waals surface area contributed by atoms with Gasteiger partial charge in [-0.05, 0) is 35.6 Å². The number of carbonyl (C=O) groups excluding carboxylic acids is 4. The zero-order valence-electron chi connectivity index (χ0n) is 18.0. The van der Waals surface area contributed by atoms with E-state index in [-0.39, 0.29) is 12.8 Å². The molecule has 0 saturated heterocycles. The molecule has 4 N–H and O–H groups in total. The quantitative estimate of drug-likeness (QED) is 0.458. The lowest BCUT2D eigenvalue weighted by molar-refractivity contribution is -0.148. The van der Waals surface area contributed by atoms with Gasteiger partial charge in [-0.25, -0.2) is 0 Å². The number of fused-ring (bicyclic) bond motifs is 1. The van der Waals surface area contributed by atoms with Crippen LogP contribution in [0.5, 0.6) is 0 Å². The van der Waals surface area contributed by atoms with Gasteiger partial charge in [-0.15, -0.1) is 0 Å². The number of amides is 2. The normalized spacial score (nSPS) is 18.4. The predicted octanol–water partition coefficient (Wildman–Crippen LogP) is 1.36. The summed E-state index contributed by atoms with van der Waals surface area (Å²) >= 11 is 0. The largest absolute Gasteiger partial charge is 0.481 e. The fourth-order valence-electron chi connectivity index (χ4n) is 4.09. The second-order valence-corrected chi connectivity index (χ2v) is 8.21. The third-order valence-corrected chi connectivity index (χ3v) is 5.88. The molecular formula is C24H26N2O7. The Balaban J connectivity index is 1.57. The van der Waals surface area contributed by atoms with Crippen molar-refractivity contribution in [2.75, 3.05) is 6.61 Å². The number of hydrogen-bond acceptors (Lipinski definition) is 6. The molecule has 1 unspecified atom stereocenters. The second kappa shape index (κ2) is 10.7. The third kappa shape index (κ3) is 6.38. The lowest BCUT2D eigenvalue weighted by Gasteiger charge is -2.18. The van der Waals surface area contributed by atoms with E-state index in [0.29, 0.717) is 12.8 Å². The maximum absolute atomic E-state index is 12.5. The molecule has 1 fully saturated rings. The molecule has 3 rings (SSSR count). The van der Waals surface area contributed by atoms with E-state index in [2.05, 4.69) is 5.32 Å². The number of aliphatic carboxylic acids is 1. The van der Waals surface area contributed by atoms with Crippen molar-refractivity contribution in [2.24, 2.45) is 17.6 Å². The first-order valence-corrected chi connectivity index (χ1v) is 10.7. The minimum Gasteiger partial charge on any atom is -0.481 e. The minimum atomic E-state index is -1.34. The Morgan fingerprint density at radius 2 is 1.73 bits per heavy atom. The molecule has 0 aliphatic heterocycles. The van der Waals surface area contributed by atoms with Crippen molar-refractivity contribution in [3.05, 3.63) is 48.0 Å². The molecule has 0 aromatic heterocycles. The van der Waals surface area contributed by atoms with Crippen LogP contribution in [-0.4, -0.2) is 47.3 Å². The summed E-state index contributed by atoms with van der Waals surface area (Å²) in [5, 5.41) is 13.4. The number of Topliss-reactive ketones (excluding diaryl/α,β-unsaturated/α-hetero) is 1. The van der Waals surface area contributed by atoms with Crippen molar-refractivity contribution in [3.8, 4) is 0 Å². The fourth-order valence-corrected chi connectivity index (χ4v) is 4.09. The molecule has 9 nitrogen and oxygen atoms in total. The lowest BCUT2D eigenvalue weighted by Crippen LogP contribution is -2.46. The van der Waals surface area contributed by atoms with Crippen molar-refractivity contribution in [2.45, 2.75) is 38.1 Å². The molecule has 0 spiro atoms. The lowest BCUT2D eigenvalue weighted by atomic mass is 10.0. The Labute approximate surface area is 190 Å². The molecule has 1 aliphatic carbocycles. The maximum Gasteiger partial charge on any atom is 0.310 e. The first kappa shape index (κ1) is 23.9. The third-order valence-electron chi connectivity index (χ3n) is 5.88. The molecule has 3 atom stereocenters. The highest BCUT2D eigenvalue weighted by Gasteiger charge is 2.35. The topological polar surface area (TPSA) is 153 Å². The van der Waals surface area contributed by atoms with E-state index in [0.717, 1.165) is 16.3 Å². The highest BCUT2D eigenvalue weighted by Crippen LogP contribution is 2.30. The molecule has 1 aliphatic rings. The Bertz CT molecular complexity index is 1080. The number of carboxylic acids is 1. The maximum atomic E-state index is 12.5. The van der Waals surface area contributed by atoms with Gasteiger partial charge >= 0.3 is 11.9 Å². The van der Waals surface area contributed by atoms with Gasteiger partial charge in [-0.3, -0.25) is 24.0 Å². The van der Waals surface area contributed by atoms with E-state index in [1.165, 1.54) is 0 Å². The van der Waals surface area contributed by atoms with Crippen LogP contribution in [0.1, 0.15) is 31.2 Å². The molecular weight excluding hydrogens is 428 g/mol. The van der Waals surface area contributed by atoms with Crippen LogP contribution in [0.2, 0.25) is 0 Å². The van der Waals surface area contributed by atoms with E-state index >= 15 is 0 Å². The number of nitrogens with one attached hydrogen (secondary N) is 1. The average Bonchev–Trinajstić information content (AvgIpc) is 3.28. The van der Waals surface area contributed by atoms with Crippen LogP contribution in [0.3, 0.4) is 0 Å². The predicted molar refractivity (Wildman–Crippen MR) is 118 cm³/mol. The monoisotopic (exact) mass is 454 g/mol. The van der Waals surface area contributed by atoms with Crippen LogP contribution in [0.15, 0.2) is 42.5 Å². The summed E-state index contributed by atoms with van der Waals surface area (Å²) in [6.45, 7) is -0.656. The van der Waals surface area contributed by atoms with Crippen molar-refractivity contribution >= 4 is 40.3 Å². The van der Waals surface area contributed by atoms with E-state index < -0.39 is 60.4 Å².